The molecule has 2 fully saturated rings. The fourth-order valence-electron chi connectivity index (χ4n) is 5.15. The summed E-state index contributed by atoms with van der Waals surface area (Å²) >= 11 is 0. The average molecular weight is 462 g/mol. The van der Waals surface area contributed by atoms with Crippen LogP contribution in [-0.2, 0) is 4.74 Å². The van der Waals surface area contributed by atoms with E-state index in [1.54, 1.807) is 24.9 Å². The van der Waals surface area contributed by atoms with Crippen molar-refractivity contribution in [1.29, 1.82) is 0 Å². The number of ether oxygens (including phenoxy) is 2. The van der Waals surface area contributed by atoms with Gasteiger partial charge in [-0.05, 0) is 49.8 Å². The number of aromatic amines is 1. The topological polar surface area (TPSA) is 118 Å². The molecule has 0 aromatic carbocycles. The normalized spacial score (nSPS) is 22.1. The number of carbonyl (C=O) groups is 1. The van der Waals surface area contributed by atoms with Crippen molar-refractivity contribution in [2.24, 2.45) is 0 Å². The van der Waals surface area contributed by atoms with Crippen LogP contribution in [0.2, 0.25) is 0 Å². The second-order valence-corrected chi connectivity index (χ2v) is 9.07. The van der Waals surface area contributed by atoms with E-state index in [0.717, 1.165) is 54.3 Å². The van der Waals surface area contributed by atoms with Crippen molar-refractivity contribution in [2.45, 2.75) is 43.7 Å². The maximum absolute atomic E-state index is 12.2. The number of amides is 1. The van der Waals surface area contributed by atoms with Gasteiger partial charge in [-0.3, -0.25) is 4.79 Å². The lowest BCUT2D eigenvalue weighted by molar-refractivity contribution is -0.165. The number of hydrogen-bond acceptors (Lipinski definition) is 7. The van der Waals surface area contributed by atoms with E-state index in [2.05, 4.69) is 25.7 Å². The number of nitrogens with one attached hydrogen (secondary N) is 3. The lowest BCUT2D eigenvalue weighted by Gasteiger charge is -2.46. The minimum atomic E-state index is -0.180. The summed E-state index contributed by atoms with van der Waals surface area (Å²) in [5, 5.41) is 11.2. The molecule has 4 aromatic rings. The zero-order valence-corrected chi connectivity index (χ0v) is 19.2. The summed E-state index contributed by atoms with van der Waals surface area (Å²) in [6.45, 7) is 0.894. The highest BCUT2D eigenvalue weighted by Gasteiger charge is 2.41. The van der Waals surface area contributed by atoms with Crippen LogP contribution < -0.4 is 15.4 Å². The molecule has 6 rings (SSSR count). The maximum atomic E-state index is 12.2. The van der Waals surface area contributed by atoms with Crippen LogP contribution in [0.4, 0.5) is 5.95 Å². The standard InChI is InChI=1S/C24H27N7O3/c1-25-21(32)17-13-27-31-9-5-14(11-18(17)31)16-12-26-20-19(16)22(33-2)30-23(29-20)28-15-3-6-24(7-4-15)8-10-34-24/h5,9,11-13,15H,3-4,6-8,10H2,1-2H3,(H,25,32)(H2,26,28,29,30)/t15-,24+. The fourth-order valence-corrected chi connectivity index (χ4v) is 5.15. The molecule has 1 aliphatic heterocycles. The van der Waals surface area contributed by atoms with E-state index in [4.69, 9.17) is 14.5 Å². The van der Waals surface area contributed by atoms with Crippen molar-refractivity contribution < 1.29 is 14.3 Å². The smallest absolute Gasteiger partial charge is 0.254 e. The molecule has 1 aliphatic carbocycles. The van der Waals surface area contributed by atoms with Crippen LogP contribution in [0.1, 0.15) is 42.5 Å². The van der Waals surface area contributed by atoms with Crippen LogP contribution in [0.3, 0.4) is 0 Å². The summed E-state index contributed by atoms with van der Waals surface area (Å²) in [6, 6.07) is 4.20. The first-order valence-electron chi connectivity index (χ1n) is 11.6. The monoisotopic (exact) mass is 461 g/mol. The van der Waals surface area contributed by atoms with Crippen molar-refractivity contribution in [1.82, 2.24) is 29.9 Å². The second kappa shape index (κ2) is 7.98. The largest absolute Gasteiger partial charge is 0.480 e. The molecule has 10 heteroatoms. The van der Waals surface area contributed by atoms with Gasteiger partial charge in [-0.1, -0.05) is 0 Å². The number of fused-ring (bicyclic) bond motifs is 2. The van der Waals surface area contributed by atoms with Crippen molar-refractivity contribution in [3.8, 4) is 17.0 Å². The van der Waals surface area contributed by atoms with Crippen molar-refractivity contribution >= 4 is 28.4 Å². The Bertz CT molecular complexity index is 1380. The molecule has 1 saturated heterocycles. The highest BCUT2D eigenvalue weighted by atomic mass is 16.5. The number of H-pyrrole nitrogens is 1. The minimum absolute atomic E-state index is 0.128. The van der Waals surface area contributed by atoms with Gasteiger partial charge in [0.05, 0.1) is 42.0 Å². The van der Waals surface area contributed by atoms with Gasteiger partial charge < -0.3 is 25.1 Å². The Morgan fingerprint density at radius 1 is 1.29 bits per heavy atom. The Labute approximate surface area is 196 Å². The Morgan fingerprint density at radius 2 is 2.12 bits per heavy atom. The first-order chi connectivity index (χ1) is 16.6. The SMILES string of the molecule is CNC(=O)c1cnn2ccc(-c3c[nH]c4nc(N[C@H]5CC[C@]6(CCO6)CC5)nc(OC)c34)cc12. The molecule has 1 spiro atoms. The zero-order valence-electron chi connectivity index (χ0n) is 19.2. The summed E-state index contributed by atoms with van der Waals surface area (Å²) in [5.41, 5.74) is 3.86. The number of nitrogens with zero attached hydrogens (tertiary/aromatic N) is 4. The molecule has 2 aliphatic rings. The van der Waals surface area contributed by atoms with Gasteiger partial charge in [-0.2, -0.15) is 15.1 Å². The molecule has 34 heavy (non-hydrogen) atoms. The van der Waals surface area contributed by atoms with Gasteiger partial charge >= 0.3 is 0 Å². The van der Waals surface area contributed by atoms with E-state index in [1.807, 2.05) is 24.5 Å². The molecule has 3 N–H and O–H groups in total. The number of pyridine rings is 1. The molecule has 5 heterocycles. The van der Waals surface area contributed by atoms with Gasteiger partial charge in [0.1, 0.15) is 5.65 Å². The fraction of sp³-hybridized carbons (Fsp3) is 0.417. The highest BCUT2D eigenvalue weighted by molar-refractivity contribution is 6.02. The summed E-state index contributed by atoms with van der Waals surface area (Å²) < 4.78 is 13.2. The van der Waals surface area contributed by atoms with Crippen LogP contribution in [0, 0.1) is 0 Å². The van der Waals surface area contributed by atoms with E-state index < -0.39 is 0 Å². The van der Waals surface area contributed by atoms with Gasteiger partial charge in [0.15, 0.2) is 0 Å². The molecule has 176 valence electrons. The van der Waals surface area contributed by atoms with E-state index in [9.17, 15) is 4.79 Å². The Balaban J connectivity index is 1.32. The predicted molar refractivity (Wildman–Crippen MR) is 127 cm³/mol. The lowest BCUT2D eigenvalue weighted by atomic mass is 9.77. The van der Waals surface area contributed by atoms with Crippen molar-refractivity contribution in [2.75, 3.05) is 26.1 Å². The summed E-state index contributed by atoms with van der Waals surface area (Å²) in [7, 11) is 3.22. The quantitative estimate of drug-likeness (QED) is 0.418. The number of anilines is 1. The van der Waals surface area contributed by atoms with Crippen LogP contribution in [0.15, 0.2) is 30.7 Å². The third-order valence-electron chi connectivity index (χ3n) is 7.19. The molecule has 4 aromatic heterocycles. The van der Waals surface area contributed by atoms with Crippen molar-refractivity contribution in [3.05, 3.63) is 36.3 Å². The predicted octanol–water partition coefficient (Wildman–Crippen LogP) is 3.15. The molecule has 0 atom stereocenters. The molecule has 10 nitrogen and oxygen atoms in total. The number of methoxy groups -OCH3 is 1. The van der Waals surface area contributed by atoms with Gasteiger partial charge in [0.25, 0.3) is 5.91 Å². The summed E-state index contributed by atoms with van der Waals surface area (Å²) in [5.74, 6) is 0.875. The van der Waals surface area contributed by atoms with Crippen molar-refractivity contribution in [3.63, 3.8) is 0 Å². The molecule has 0 radical (unpaired) electrons. The number of rotatable bonds is 5. The van der Waals surface area contributed by atoms with E-state index in [0.29, 0.717) is 29.1 Å². The number of hydrogen-bond donors (Lipinski definition) is 3. The van der Waals surface area contributed by atoms with Crippen LogP contribution in [0.25, 0.3) is 27.7 Å². The third-order valence-corrected chi connectivity index (χ3v) is 7.19. The van der Waals surface area contributed by atoms with Gasteiger partial charge in [0.2, 0.25) is 11.8 Å². The Kier molecular flexibility index (Phi) is 4.91. The van der Waals surface area contributed by atoms with Crippen LogP contribution in [0.5, 0.6) is 5.88 Å². The number of aromatic nitrogens is 5. The number of carbonyl (C=O) groups excluding carboxylic acids is 1. The molecule has 0 unspecified atom stereocenters. The van der Waals surface area contributed by atoms with Gasteiger partial charge in [-0.15, -0.1) is 0 Å². The Morgan fingerprint density at radius 3 is 2.82 bits per heavy atom. The third kappa shape index (κ3) is 3.37. The Hall–Kier alpha value is -3.66. The highest BCUT2D eigenvalue weighted by Crippen LogP contribution is 2.41. The van der Waals surface area contributed by atoms with Gasteiger partial charge in [-0.25, -0.2) is 4.52 Å². The minimum Gasteiger partial charge on any atom is -0.480 e. The average Bonchev–Trinajstić information content (AvgIpc) is 3.46. The summed E-state index contributed by atoms with van der Waals surface area (Å²) in [4.78, 5) is 24.9. The molecule has 0 bridgehead atoms. The maximum Gasteiger partial charge on any atom is 0.254 e. The molecule has 1 amide bonds. The van der Waals surface area contributed by atoms with Gasteiger partial charge in [0, 0.05) is 31.0 Å². The van der Waals surface area contributed by atoms with E-state index >= 15 is 0 Å². The van der Waals surface area contributed by atoms with Crippen LogP contribution >= 0.6 is 0 Å². The van der Waals surface area contributed by atoms with E-state index in [-0.39, 0.29) is 11.5 Å². The lowest BCUT2D eigenvalue weighted by Crippen LogP contribution is -2.48. The molecule has 1 saturated carbocycles. The summed E-state index contributed by atoms with van der Waals surface area (Å²) in [6.07, 6.45) is 10.7. The van der Waals surface area contributed by atoms with Crippen LogP contribution in [-0.4, -0.2) is 62.9 Å². The van der Waals surface area contributed by atoms with E-state index in [1.165, 1.54) is 6.42 Å². The second-order valence-electron chi connectivity index (χ2n) is 9.07. The zero-order chi connectivity index (χ0) is 23.3. The molecular weight excluding hydrogens is 434 g/mol. The molecular formula is C24H27N7O3. The first-order valence-corrected chi connectivity index (χ1v) is 11.6. The first kappa shape index (κ1) is 20.9.